The van der Waals surface area contributed by atoms with Crippen molar-refractivity contribution in [2.75, 3.05) is 11.9 Å². The van der Waals surface area contributed by atoms with E-state index in [9.17, 15) is 9.59 Å². The van der Waals surface area contributed by atoms with Gasteiger partial charge in [0.2, 0.25) is 11.7 Å². The molecule has 3 rings (SSSR count). The number of anilines is 1. The maximum atomic E-state index is 12.2. The molecule has 2 aromatic carbocycles. The Kier molecular flexibility index (Phi) is 5.77. The van der Waals surface area contributed by atoms with Gasteiger partial charge in [-0.15, -0.1) is 10.2 Å². The van der Waals surface area contributed by atoms with E-state index in [0.29, 0.717) is 34.3 Å². The highest BCUT2D eigenvalue weighted by Crippen LogP contribution is 2.23. The summed E-state index contributed by atoms with van der Waals surface area (Å²) in [5.41, 5.74) is 1.59. The molecule has 27 heavy (non-hydrogen) atoms. The number of carbonyl (C=O) groups excluding carboxylic acids is 2. The normalized spacial score (nSPS) is 10.4. The number of halogens is 1. The Labute approximate surface area is 160 Å². The van der Waals surface area contributed by atoms with Gasteiger partial charge in [-0.1, -0.05) is 23.7 Å². The molecule has 0 bridgehead atoms. The molecular formula is C18H16ClN5O3. The monoisotopic (exact) mass is 385 g/mol. The van der Waals surface area contributed by atoms with Crippen LogP contribution in [0.2, 0.25) is 5.02 Å². The van der Waals surface area contributed by atoms with E-state index in [1.165, 1.54) is 4.80 Å². The number of ether oxygens (including phenoxy) is 1. The molecule has 1 aromatic heterocycles. The molecule has 0 radical (unpaired) electrons. The van der Waals surface area contributed by atoms with Crippen molar-refractivity contribution in [1.82, 2.24) is 20.2 Å². The van der Waals surface area contributed by atoms with Crippen molar-refractivity contribution >= 4 is 29.2 Å². The lowest BCUT2D eigenvalue weighted by molar-refractivity contribution is -0.117. The van der Waals surface area contributed by atoms with Crippen molar-refractivity contribution in [2.24, 2.45) is 0 Å². The highest BCUT2D eigenvalue weighted by Gasteiger charge is 2.12. The standard InChI is InChI=1S/C18H16ClN5O3/c1-2-27-18(26)12-7-9-13(10-8-12)20-16(25)11-24-22-17(21-23-24)14-5-3-4-6-15(14)19/h3-10H,2,11H2,1H3,(H,20,25). The zero-order valence-corrected chi connectivity index (χ0v) is 15.2. The lowest BCUT2D eigenvalue weighted by atomic mass is 10.2. The number of amides is 1. The Morgan fingerprint density at radius 1 is 1.15 bits per heavy atom. The van der Waals surface area contributed by atoms with Crippen molar-refractivity contribution in [3.8, 4) is 11.4 Å². The molecule has 0 saturated heterocycles. The van der Waals surface area contributed by atoms with Gasteiger partial charge in [0.15, 0.2) is 0 Å². The molecule has 9 heteroatoms. The van der Waals surface area contributed by atoms with E-state index in [4.69, 9.17) is 16.3 Å². The molecule has 3 aromatic rings. The average molecular weight is 386 g/mol. The van der Waals surface area contributed by atoms with E-state index in [1.54, 1.807) is 49.4 Å². The first kappa shape index (κ1) is 18.5. The van der Waals surface area contributed by atoms with Crippen molar-refractivity contribution in [2.45, 2.75) is 13.5 Å². The number of aromatic nitrogens is 4. The second-order valence-electron chi connectivity index (χ2n) is 5.47. The van der Waals surface area contributed by atoms with Gasteiger partial charge < -0.3 is 10.1 Å². The van der Waals surface area contributed by atoms with Crippen LogP contribution in [0.25, 0.3) is 11.4 Å². The van der Waals surface area contributed by atoms with Crippen molar-refractivity contribution in [1.29, 1.82) is 0 Å². The summed E-state index contributed by atoms with van der Waals surface area (Å²) in [6.45, 7) is 1.93. The van der Waals surface area contributed by atoms with Crippen LogP contribution in [0, 0.1) is 0 Å². The number of carbonyl (C=O) groups is 2. The summed E-state index contributed by atoms with van der Waals surface area (Å²) in [6, 6.07) is 13.5. The van der Waals surface area contributed by atoms with Gasteiger partial charge >= 0.3 is 5.97 Å². The molecule has 0 unspecified atom stereocenters. The van der Waals surface area contributed by atoms with E-state index in [-0.39, 0.29) is 12.5 Å². The van der Waals surface area contributed by atoms with Crippen LogP contribution in [0.15, 0.2) is 48.5 Å². The van der Waals surface area contributed by atoms with Gasteiger partial charge in [0, 0.05) is 11.3 Å². The Morgan fingerprint density at radius 3 is 2.59 bits per heavy atom. The fraction of sp³-hybridized carbons (Fsp3) is 0.167. The van der Waals surface area contributed by atoms with Crippen molar-refractivity contribution in [3.63, 3.8) is 0 Å². The van der Waals surface area contributed by atoms with Crippen molar-refractivity contribution in [3.05, 3.63) is 59.1 Å². The molecule has 0 fully saturated rings. The van der Waals surface area contributed by atoms with Gasteiger partial charge in [0.05, 0.1) is 17.2 Å². The molecular weight excluding hydrogens is 370 g/mol. The molecule has 0 aliphatic heterocycles. The van der Waals surface area contributed by atoms with Crippen LogP contribution in [0.1, 0.15) is 17.3 Å². The van der Waals surface area contributed by atoms with Crippen LogP contribution >= 0.6 is 11.6 Å². The summed E-state index contributed by atoms with van der Waals surface area (Å²) in [7, 11) is 0. The zero-order chi connectivity index (χ0) is 19.2. The zero-order valence-electron chi connectivity index (χ0n) is 14.4. The molecule has 1 N–H and O–H groups in total. The first-order chi connectivity index (χ1) is 13.1. The van der Waals surface area contributed by atoms with Gasteiger partial charge in [0.25, 0.3) is 0 Å². The minimum absolute atomic E-state index is 0.114. The lowest BCUT2D eigenvalue weighted by Crippen LogP contribution is -2.20. The minimum atomic E-state index is -0.408. The molecule has 1 heterocycles. The Hall–Kier alpha value is -3.26. The van der Waals surface area contributed by atoms with E-state index in [0.717, 1.165) is 0 Å². The van der Waals surface area contributed by atoms with E-state index < -0.39 is 5.97 Å². The number of benzene rings is 2. The summed E-state index contributed by atoms with van der Waals surface area (Å²) in [5, 5.41) is 15.2. The number of hydrogen-bond donors (Lipinski definition) is 1. The predicted octanol–water partition coefficient (Wildman–Crippen LogP) is 2.81. The molecule has 0 spiro atoms. The van der Waals surface area contributed by atoms with E-state index in [2.05, 4.69) is 20.7 Å². The Balaban J connectivity index is 1.61. The smallest absolute Gasteiger partial charge is 0.338 e. The summed E-state index contributed by atoms with van der Waals surface area (Å²) in [4.78, 5) is 25.0. The third-order valence-electron chi connectivity index (χ3n) is 3.53. The number of tetrazole rings is 1. The minimum Gasteiger partial charge on any atom is -0.462 e. The first-order valence-electron chi connectivity index (χ1n) is 8.16. The van der Waals surface area contributed by atoms with Gasteiger partial charge in [0.1, 0.15) is 6.54 Å². The van der Waals surface area contributed by atoms with Crippen molar-refractivity contribution < 1.29 is 14.3 Å². The topological polar surface area (TPSA) is 99.0 Å². The lowest BCUT2D eigenvalue weighted by Gasteiger charge is -2.06. The molecule has 0 aliphatic carbocycles. The predicted molar refractivity (Wildman–Crippen MR) is 99.3 cm³/mol. The number of nitrogens with one attached hydrogen (secondary N) is 1. The maximum absolute atomic E-state index is 12.2. The molecule has 1 amide bonds. The Bertz CT molecular complexity index is 956. The van der Waals surface area contributed by atoms with Gasteiger partial charge in [-0.25, -0.2) is 4.79 Å². The quantitative estimate of drug-likeness (QED) is 0.655. The van der Waals surface area contributed by atoms with E-state index in [1.807, 2.05) is 6.07 Å². The highest BCUT2D eigenvalue weighted by molar-refractivity contribution is 6.33. The summed E-state index contributed by atoms with van der Waals surface area (Å²) in [6.07, 6.45) is 0. The third-order valence-corrected chi connectivity index (χ3v) is 3.86. The molecule has 8 nitrogen and oxygen atoms in total. The van der Waals surface area contributed by atoms with Crippen LogP contribution in [-0.2, 0) is 16.1 Å². The largest absolute Gasteiger partial charge is 0.462 e. The Morgan fingerprint density at radius 2 is 1.89 bits per heavy atom. The molecule has 0 atom stereocenters. The molecule has 138 valence electrons. The highest BCUT2D eigenvalue weighted by atomic mass is 35.5. The number of hydrogen-bond acceptors (Lipinski definition) is 6. The van der Waals surface area contributed by atoms with Crippen LogP contribution in [0.3, 0.4) is 0 Å². The maximum Gasteiger partial charge on any atom is 0.338 e. The SMILES string of the molecule is CCOC(=O)c1ccc(NC(=O)Cn2nnc(-c3ccccc3Cl)n2)cc1. The van der Waals surface area contributed by atoms with Crippen LogP contribution in [0.5, 0.6) is 0 Å². The second kappa shape index (κ2) is 8.41. The van der Waals surface area contributed by atoms with Crippen LogP contribution in [-0.4, -0.2) is 38.7 Å². The fourth-order valence-corrected chi connectivity index (χ4v) is 2.51. The van der Waals surface area contributed by atoms with Gasteiger partial charge in [-0.3, -0.25) is 4.79 Å². The summed E-state index contributed by atoms with van der Waals surface area (Å²) >= 11 is 6.11. The van der Waals surface area contributed by atoms with E-state index >= 15 is 0 Å². The van der Waals surface area contributed by atoms with Crippen LogP contribution in [0.4, 0.5) is 5.69 Å². The first-order valence-corrected chi connectivity index (χ1v) is 8.54. The summed E-state index contributed by atoms with van der Waals surface area (Å²) in [5.74, 6) is -0.400. The average Bonchev–Trinajstić information content (AvgIpc) is 3.11. The number of rotatable bonds is 6. The fourth-order valence-electron chi connectivity index (χ4n) is 2.29. The van der Waals surface area contributed by atoms with Gasteiger partial charge in [-0.05, 0) is 48.5 Å². The summed E-state index contributed by atoms with van der Waals surface area (Å²) < 4.78 is 4.91. The molecule has 0 saturated carbocycles. The van der Waals surface area contributed by atoms with Crippen LogP contribution < -0.4 is 5.32 Å². The number of nitrogens with zero attached hydrogens (tertiary/aromatic N) is 4. The van der Waals surface area contributed by atoms with Gasteiger partial charge in [-0.2, -0.15) is 4.80 Å². The second-order valence-corrected chi connectivity index (χ2v) is 5.88. The number of esters is 1. The molecule has 0 aliphatic rings. The third kappa shape index (κ3) is 4.68.